The zero-order valence-corrected chi connectivity index (χ0v) is 15.1. The molecular formula is C18H24N2O6. The first-order valence-corrected chi connectivity index (χ1v) is 8.50. The number of methoxy groups -OCH3 is 2. The molecule has 0 saturated carbocycles. The molecule has 0 aromatic heterocycles. The molecule has 1 atom stereocenters. The second-order valence-corrected chi connectivity index (χ2v) is 6.45. The minimum atomic E-state index is -0.767. The third-order valence-electron chi connectivity index (χ3n) is 4.58. The summed E-state index contributed by atoms with van der Waals surface area (Å²) in [5, 5.41) is 0. The van der Waals surface area contributed by atoms with E-state index in [0.717, 1.165) is 5.69 Å². The number of hydrogen-bond donors (Lipinski definition) is 0. The first-order valence-electron chi connectivity index (χ1n) is 8.50. The molecule has 0 aliphatic carbocycles. The van der Waals surface area contributed by atoms with Crippen molar-refractivity contribution in [3.63, 3.8) is 0 Å². The number of morpholine rings is 1. The van der Waals surface area contributed by atoms with E-state index < -0.39 is 5.60 Å². The predicted octanol–water partition coefficient (Wildman–Crippen LogP) is 0.302. The molecule has 2 amide bonds. The summed E-state index contributed by atoms with van der Waals surface area (Å²) < 4.78 is 21.8. The minimum absolute atomic E-state index is 0.00854. The lowest BCUT2D eigenvalue weighted by Gasteiger charge is -2.43. The van der Waals surface area contributed by atoms with Crippen LogP contribution in [0.4, 0.5) is 5.69 Å². The maximum absolute atomic E-state index is 12.4. The average Bonchev–Trinajstić information content (AvgIpc) is 2.87. The van der Waals surface area contributed by atoms with Crippen LogP contribution in [0.1, 0.15) is 0 Å². The number of amides is 2. The van der Waals surface area contributed by atoms with Crippen LogP contribution in [0.25, 0.3) is 0 Å². The summed E-state index contributed by atoms with van der Waals surface area (Å²) in [5.41, 5.74) is -0.0345. The van der Waals surface area contributed by atoms with E-state index in [1.54, 1.807) is 16.9 Å². The number of ether oxygens (including phenoxy) is 4. The van der Waals surface area contributed by atoms with Gasteiger partial charge < -0.3 is 28.7 Å². The zero-order valence-electron chi connectivity index (χ0n) is 15.1. The SMILES string of the molecule is COCC(=O)N1CCOCC2(C1)CN(c1cccc(OC)c1)C(=O)CO2. The Hall–Kier alpha value is -2.16. The second kappa shape index (κ2) is 8.03. The van der Waals surface area contributed by atoms with Gasteiger partial charge in [-0.3, -0.25) is 9.59 Å². The van der Waals surface area contributed by atoms with Crippen molar-refractivity contribution >= 4 is 17.5 Å². The molecule has 8 nitrogen and oxygen atoms in total. The van der Waals surface area contributed by atoms with Crippen molar-refractivity contribution in [3.8, 4) is 5.75 Å². The van der Waals surface area contributed by atoms with Gasteiger partial charge in [0.05, 0.1) is 33.4 Å². The van der Waals surface area contributed by atoms with Gasteiger partial charge in [0.15, 0.2) is 0 Å². The molecular weight excluding hydrogens is 340 g/mol. The van der Waals surface area contributed by atoms with E-state index in [0.29, 0.717) is 38.6 Å². The Kier molecular flexibility index (Phi) is 5.75. The fourth-order valence-corrected chi connectivity index (χ4v) is 3.24. The predicted molar refractivity (Wildman–Crippen MR) is 93.3 cm³/mol. The molecule has 0 radical (unpaired) electrons. The molecule has 2 fully saturated rings. The van der Waals surface area contributed by atoms with E-state index in [2.05, 4.69) is 0 Å². The number of rotatable bonds is 4. The summed E-state index contributed by atoms with van der Waals surface area (Å²) in [6, 6.07) is 7.32. The Balaban J connectivity index is 1.82. The molecule has 0 N–H and O–H groups in total. The van der Waals surface area contributed by atoms with E-state index >= 15 is 0 Å². The Morgan fingerprint density at radius 3 is 2.92 bits per heavy atom. The normalized spacial score (nSPS) is 23.8. The smallest absolute Gasteiger partial charge is 0.253 e. The van der Waals surface area contributed by atoms with Crippen LogP contribution < -0.4 is 9.64 Å². The van der Waals surface area contributed by atoms with E-state index in [1.165, 1.54) is 7.11 Å². The highest BCUT2D eigenvalue weighted by atomic mass is 16.6. The van der Waals surface area contributed by atoms with Crippen LogP contribution >= 0.6 is 0 Å². The van der Waals surface area contributed by atoms with Crippen LogP contribution in [0, 0.1) is 0 Å². The molecule has 2 saturated heterocycles. The second-order valence-electron chi connectivity index (χ2n) is 6.45. The van der Waals surface area contributed by atoms with E-state index in [-0.39, 0.29) is 25.0 Å². The molecule has 2 heterocycles. The van der Waals surface area contributed by atoms with Gasteiger partial charge >= 0.3 is 0 Å². The van der Waals surface area contributed by atoms with Gasteiger partial charge in [0.1, 0.15) is 24.6 Å². The largest absolute Gasteiger partial charge is 0.497 e. The number of anilines is 1. The number of carbonyl (C=O) groups excluding carboxylic acids is 2. The Morgan fingerprint density at radius 2 is 2.15 bits per heavy atom. The average molecular weight is 364 g/mol. The quantitative estimate of drug-likeness (QED) is 0.765. The lowest BCUT2D eigenvalue weighted by molar-refractivity contribution is -0.150. The monoisotopic (exact) mass is 364 g/mol. The number of hydrogen-bond acceptors (Lipinski definition) is 6. The molecule has 3 rings (SSSR count). The van der Waals surface area contributed by atoms with Crippen molar-refractivity contribution in [2.24, 2.45) is 0 Å². The molecule has 8 heteroatoms. The first-order chi connectivity index (χ1) is 12.6. The van der Waals surface area contributed by atoms with Gasteiger partial charge in [-0.05, 0) is 12.1 Å². The summed E-state index contributed by atoms with van der Waals surface area (Å²) in [4.78, 5) is 28.1. The maximum atomic E-state index is 12.4. The van der Waals surface area contributed by atoms with Gasteiger partial charge in [0.25, 0.3) is 5.91 Å². The standard InChI is InChI=1S/C18H24N2O6/c1-23-9-16(21)19-6-7-25-13-18(11-19)12-20(17(22)10-26-18)14-4-3-5-15(8-14)24-2/h3-5,8H,6-7,9-13H2,1-2H3. The van der Waals surface area contributed by atoms with Crippen LogP contribution in [0.5, 0.6) is 5.75 Å². The van der Waals surface area contributed by atoms with Crippen LogP contribution in [0.15, 0.2) is 24.3 Å². The van der Waals surface area contributed by atoms with Crippen LogP contribution in [0.3, 0.4) is 0 Å². The maximum Gasteiger partial charge on any atom is 0.253 e. The van der Waals surface area contributed by atoms with Crippen molar-refractivity contribution < 1.29 is 28.5 Å². The van der Waals surface area contributed by atoms with Crippen LogP contribution in [-0.2, 0) is 23.8 Å². The molecule has 1 aromatic carbocycles. The van der Waals surface area contributed by atoms with E-state index in [1.807, 2.05) is 24.3 Å². The van der Waals surface area contributed by atoms with Gasteiger partial charge in [-0.1, -0.05) is 6.07 Å². The number of carbonyl (C=O) groups is 2. The Labute approximate surface area is 152 Å². The van der Waals surface area contributed by atoms with Gasteiger partial charge in [0.2, 0.25) is 5.91 Å². The van der Waals surface area contributed by atoms with E-state index in [9.17, 15) is 9.59 Å². The Bertz CT molecular complexity index is 667. The van der Waals surface area contributed by atoms with Crippen molar-refractivity contribution in [1.29, 1.82) is 0 Å². The van der Waals surface area contributed by atoms with Crippen molar-refractivity contribution in [1.82, 2.24) is 4.90 Å². The molecule has 2 aliphatic heterocycles. The summed E-state index contributed by atoms with van der Waals surface area (Å²) in [7, 11) is 3.07. The summed E-state index contributed by atoms with van der Waals surface area (Å²) >= 11 is 0. The van der Waals surface area contributed by atoms with Crippen molar-refractivity contribution in [3.05, 3.63) is 24.3 Å². The summed E-state index contributed by atoms with van der Waals surface area (Å²) in [5.74, 6) is 0.415. The lowest BCUT2D eigenvalue weighted by atomic mass is 10.0. The molecule has 0 bridgehead atoms. The number of benzene rings is 1. The fourth-order valence-electron chi connectivity index (χ4n) is 3.24. The molecule has 26 heavy (non-hydrogen) atoms. The first kappa shape index (κ1) is 18.6. The van der Waals surface area contributed by atoms with Crippen molar-refractivity contribution in [2.45, 2.75) is 5.60 Å². The van der Waals surface area contributed by atoms with Crippen LogP contribution in [-0.4, -0.2) is 82.6 Å². The van der Waals surface area contributed by atoms with Gasteiger partial charge in [0, 0.05) is 25.4 Å². The lowest BCUT2D eigenvalue weighted by Crippen LogP contribution is -2.61. The molecule has 1 spiro atoms. The molecule has 1 unspecified atom stereocenters. The third-order valence-corrected chi connectivity index (χ3v) is 4.58. The van der Waals surface area contributed by atoms with Gasteiger partial charge in [-0.2, -0.15) is 0 Å². The molecule has 142 valence electrons. The number of nitrogens with zero attached hydrogens (tertiary/aromatic N) is 2. The van der Waals surface area contributed by atoms with Crippen molar-refractivity contribution in [2.75, 3.05) is 65.2 Å². The van der Waals surface area contributed by atoms with Crippen LogP contribution in [0.2, 0.25) is 0 Å². The highest BCUT2D eigenvalue weighted by Crippen LogP contribution is 2.29. The fraction of sp³-hybridized carbons (Fsp3) is 0.556. The Morgan fingerprint density at radius 1 is 1.31 bits per heavy atom. The molecule has 2 aliphatic rings. The summed E-state index contributed by atoms with van der Waals surface area (Å²) in [6.07, 6.45) is 0. The highest BCUT2D eigenvalue weighted by Gasteiger charge is 2.44. The minimum Gasteiger partial charge on any atom is -0.497 e. The van der Waals surface area contributed by atoms with E-state index in [4.69, 9.17) is 18.9 Å². The third kappa shape index (κ3) is 3.98. The highest BCUT2D eigenvalue weighted by molar-refractivity contribution is 5.95. The zero-order chi connectivity index (χ0) is 18.6. The topological polar surface area (TPSA) is 77.5 Å². The van der Waals surface area contributed by atoms with Gasteiger partial charge in [-0.25, -0.2) is 0 Å². The van der Waals surface area contributed by atoms with Gasteiger partial charge in [-0.15, -0.1) is 0 Å². The summed E-state index contributed by atoms with van der Waals surface area (Å²) in [6.45, 7) is 1.81. The molecule has 1 aromatic rings.